The smallest absolute Gasteiger partial charge is 0.355 e. The number of carboxylic acids is 1. The Bertz CT molecular complexity index is 668. The molecule has 0 unspecified atom stereocenters. The monoisotopic (exact) mass is 292 g/mol. The van der Waals surface area contributed by atoms with E-state index in [1.165, 1.54) is 11.3 Å². The first-order valence-corrected chi connectivity index (χ1v) is 6.82. The number of ether oxygens (including phenoxy) is 2. The van der Waals surface area contributed by atoms with Gasteiger partial charge in [-0.2, -0.15) is 0 Å². The Balaban J connectivity index is 1.84. The topological polar surface area (TPSA) is 80.7 Å². The third-order valence-corrected chi connectivity index (χ3v) is 3.68. The number of nitrogens with zero attached hydrogens (tertiary/aromatic N) is 1. The number of hydrogen-bond donors (Lipinski definition) is 2. The van der Waals surface area contributed by atoms with Crippen molar-refractivity contribution < 1.29 is 19.4 Å². The molecule has 7 heteroatoms. The predicted molar refractivity (Wildman–Crippen MR) is 74.5 cm³/mol. The number of aromatic carboxylic acids is 1. The minimum atomic E-state index is -1.02. The summed E-state index contributed by atoms with van der Waals surface area (Å²) in [5.41, 5.74) is 0.856. The summed E-state index contributed by atoms with van der Waals surface area (Å²) in [5, 5.41) is 12.6. The van der Waals surface area contributed by atoms with Gasteiger partial charge in [0.1, 0.15) is 13.2 Å². The largest absolute Gasteiger partial charge is 0.486 e. The van der Waals surface area contributed by atoms with Crippen LogP contribution in [-0.4, -0.2) is 29.3 Å². The van der Waals surface area contributed by atoms with E-state index in [9.17, 15) is 4.79 Å². The number of carboxylic acid groups (broad SMARTS) is 1. The van der Waals surface area contributed by atoms with Gasteiger partial charge in [0.15, 0.2) is 22.3 Å². The summed E-state index contributed by atoms with van der Waals surface area (Å²) in [6, 6.07) is 5.46. The van der Waals surface area contributed by atoms with Gasteiger partial charge in [0.2, 0.25) is 0 Å². The molecule has 1 aromatic heterocycles. The van der Waals surface area contributed by atoms with Crippen molar-refractivity contribution in [2.24, 2.45) is 0 Å². The van der Waals surface area contributed by atoms with E-state index in [-0.39, 0.29) is 5.69 Å². The molecule has 0 atom stereocenters. The Morgan fingerprint density at radius 2 is 2.10 bits per heavy atom. The van der Waals surface area contributed by atoms with E-state index in [2.05, 4.69) is 10.3 Å². The summed E-state index contributed by atoms with van der Waals surface area (Å²) in [6.45, 7) is 2.81. The molecule has 0 amide bonds. The van der Waals surface area contributed by atoms with Gasteiger partial charge in [-0.25, -0.2) is 9.78 Å². The average molecular weight is 292 g/mol. The number of nitrogens with one attached hydrogen (secondary N) is 1. The number of rotatable bonds is 3. The number of aryl methyl sites for hydroxylation is 1. The van der Waals surface area contributed by atoms with Gasteiger partial charge in [0, 0.05) is 16.6 Å². The Labute approximate surface area is 119 Å². The zero-order valence-corrected chi connectivity index (χ0v) is 11.5. The average Bonchev–Trinajstić information content (AvgIpc) is 2.79. The number of benzene rings is 1. The second kappa shape index (κ2) is 5.01. The van der Waals surface area contributed by atoms with Crippen LogP contribution in [-0.2, 0) is 0 Å². The van der Waals surface area contributed by atoms with E-state index in [0.29, 0.717) is 34.7 Å². The molecular weight excluding hydrogens is 280 g/mol. The second-order valence-electron chi connectivity index (χ2n) is 4.21. The molecule has 0 radical (unpaired) electrons. The minimum Gasteiger partial charge on any atom is -0.486 e. The highest BCUT2D eigenvalue weighted by atomic mass is 32.1. The predicted octanol–water partition coefficient (Wildman–Crippen LogP) is 2.66. The normalized spacial score (nSPS) is 13.1. The van der Waals surface area contributed by atoms with Gasteiger partial charge >= 0.3 is 5.97 Å². The Morgan fingerprint density at radius 1 is 1.35 bits per heavy atom. The second-order valence-corrected chi connectivity index (χ2v) is 5.42. The highest BCUT2D eigenvalue weighted by Crippen LogP contribution is 2.34. The van der Waals surface area contributed by atoms with Gasteiger partial charge < -0.3 is 19.9 Å². The third-order valence-electron chi connectivity index (χ3n) is 2.79. The lowest BCUT2D eigenvalue weighted by Gasteiger charge is -2.18. The lowest BCUT2D eigenvalue weighted by atomic mass is 10.2. The van der Waals surface area contributed by atoms with Crippen molar-refractivity contribution >= 4 is 28.1 Å². The highest BCUT2D eigenvalue weighted by Gasteiger charge is 2.15. The molecule has 2 heterocycles. The molecule has 20 heavy (non-hydrogen) atoms. The molecule has 0 spiro atoms. The fourth-order valence-electron chi connectivity index (χ4n) is 1.89. The maximum atomic E-state index is 11.0. The number of anilines is 2. The van der Waals surface area contributed by atoms with Gasteiger partial charge in [0.25, 0.3) is 0 Å². The SMILES string of the molecule is Cc1sc(Nc2ccc3c(c2)OCCO3)nc1C(=O)O. The lowest BCUT2D eigenvalue weighted by Crippen LogP contribution is -2.15. The van der Waals surface area contributed by atoms with Crippen LogP contribution in [0.25, 0.3) is 0 Å². The summed E-state index contributed by atoms with van der Waals surface area (Å²) in [4.78, 5) is 15.7. The molecule has 0 bridgehead atoms. The van der Waals surface area contributed by atoms with E-state index in [0.717, 1.165) is 5.69 Å². The summed E-state index contributed by atoms with van der Waals surface area (Å²) in [7, 11) is 0. The van der Waals surface area contributed by atoms with Crippen LogP contribution in [0.3, 0.4) is 0 Å². The number of fused-ring (bicyclic) bond motifs is 1. The molecule has 6 nitrogen and oxygen atoms in total. The van der Waals surface area contributed by atoms with Crippen LogP contribution in [0, 0.1) is 6.92 Å². The van der Waals surface area contributed by atoms with E-state index in [1.54, 1.807) is 6.92 Å². The van der Waals surface area contributed by atoms with Crippen LogP contribution in [0.4, 0.5) is 10.8 Å². The molecule has 0 saturated carbocycles. The van der Waals surface area contributed by atoms with Gasteiger partial charge in [-0.05, 0) is 19.1 Å². The van der Waals surface area contributed by atoms with Gasteiger partial charge in [-0.3, -0.25) is 0 Å². The molecule has 3 rings (SSSR count). The van der Waals surface area contributed by atoms with Crippen molar-refractivity contribution in [3.05, 3.63) is 28.8 Å². The zero-order chi connectivity index (χ0) is 14.1. The first-order valence-electron chi connectivity index (χ1n) is 6.01. The molecule has 104 valence electrons. The van der Waals surface area contributed by atoms with Crippen LogP contribution in [0.15, 0.2) is 18.2 Å². The van der Waals surface area contributed by atoms with Crippen LogP contribution >= 0.6 is 11.3 Å². The molecule has 0 fully saturated rings. The fraction of sp³-hybridized carbons (Fsp3) is 0.231. The number of hydrogen-bond acceptors (Lipinski definition) is 6. The maximum Gasteiger partial charge on any atom is 0.355 e. The maximum absolute atomic E-state index is 11.0. The van der Waals surface area contributed by atoms with Crippen molar-refractivity contribution in [3.63, 3.8) is 0 Å². The quantitative estimate of drug-likeness (QED) is 0.905. The first kappa shape index (κ1) is 12.7. The Hall–Kier alpha value is -2.28. The standard InChI is InChI=1S/C13H12N2O4S/c1-7-11(12(16)17)15-13(20-7)14-8-2-3-9-10(6-8)19-5-4-18-9/h2-3,6H,4-5H2,1H3,(H,14,15)(H,16,17). The van der Waals surface area contributed by atoms with Gasteiger partial charge in [-0.1, -0.05) is 0 Å². The van der Waals surface area contributed by atoms with Gasteiger partial charge in [0.05, 0.1) is 0 Å². The summed E-state index contributed by atoms with van der Waals surface area (Å²) in [5.74, 6) is 0.366. The summed E-state index contributed by atoms with van der Waals surface area (Å²) >= 11 is 1.30. The minimum absolute atomic E-state index is 0.0787. The van der Waals surface area contributed by atoms with Crippen molar-refractivity contribution in [2.45, 2.75) is 6.92 Å². The van der Waals surface area contributed by atoms with E-state index in [1.807, 2.05) is 18.2 Å². The van der Waals surface area contributed by atoms with Crippen LogP contribution < -0.4 is 14.8 Å². The van der Waals surface area contributed by atoms with Crippen molar-refractivity contribution in [1.82, 2.24) is 4.98 Å². The van der Waals surface area contributed by atoms with E-state index < -0.39 is 5.97 Å². The first-order chi connectivity index (χ1) is 9.63. The third kappa shape index (κ3) is 2.39. The van der Waals surface area contributed by atoms with Crippen LogP contribution in [0.5, 0.6) is 11.5 Å². The summed E-state index contributed by atoms with van der Waals surface area (Å²) in [6.07, 6.45) is 0. The van der Waals surface area contributed by atoms with Crippen molar-refractivity contribution in [2.75, 3.05) is 18.5 Å². The molecule has 1 aromatic carbocycles. The van der Waals surface area contributed by atoms with Crippen molar-refractivity contribution in [3.8, 4) is 11.5 Å². The fourth-order valence-corrected chi connectivity index (χ4v) is 2.72. The van der Waals surface area contributed by atoms with Crippen LogP contribution in [0.1, 0.15) is 15.4 Å². The number of carbonyl (C=O) groups is 1. The summed E-state index contributed by atoms with van der Waals surface area (Å²) < 4.78 is 10.9. The molecule has 2 aromatic rings. The highest BCUT2D eigenvalue weighted by molar-refractivity contribution is 7.15. The molecular formula is C13H12N2O4S. The van der Waals surface area contributed by atoms with E-state index >= 15 is 0 Å². The zero-order valence-electron chi connectivity index (χ0n) is 10.7. The molecule has 0 saturated heterocycles. The lowest BCUT2D eigenvalue weighted by molar-refractivity contribution is 0.0690. The number of aromatic nitrogens is 1. The number of thiazole rings is 1. The van der Waals surface area contributed by atoms with Crippen LogP contribution in [0.2, 0.25) is 0 Å². The molecule has 1 aliphatic rings. The van der Waals surface area contributed by atoms with Crippen molar-refractivity contribution in [1.29, 1.82) is 0 Å². The molecule has 2 N–H and O–H groups in total. The van der Waals surface area contributed by atoms with E-state index in [4.69, 9.17) is 14.6 Å². The Morgan fingerprint density at radius 3 is 2.80 bits per heavy atom. The Kier molecular flexibility index (Phi) is 3.19. The van der Waals surface area contributed by atoms with Gasteiger partial charge in [-0.15, -0.1) is 11.3 Å². The molecule has 0 aliphatic carbocycles. The molecule has 1 aliphatic heterocycles.